The van der Waals surface area contributed by atoms with Crippen LogP contribution in [0.4, 0.5) is 4.79 Å². The number of hydrogen-bond acceptors (Lipinski definition) is 8. The molecule has 0 spiro atoms. The minimum absolute atomic E-state index is 0.0189. The Bertz CT molecular complexity index is 793. The third-order valence-electron chi connectivity index (χ3n) is 5.61. The van der Waals surface area contributed by atoms with E-state index in [0.29, 0.717) is 35.8 Å². The van der Waals surface area contributed by atoms with Crippen LogP contribution in [0.1, 0.15) is 6.92 Å². The summed E-state index contributed by atoms with van der Waals surface area (Å²) >= 11 is 5.70. The highest BCUT2D eigenvalue weighted by Crippen LogP contribution is 2.55. The second kappa shape index (κ2) is 7.36. The van der Waals surface area contributed by atoms with Gasteiger partial charge in [-0.15, -0.1) is 11.6 Å². The molecule has 0 aromatic carbocycles. The molecule has 4 aliphatic rings. The number of carboxylic acid groups (broad SMARTS) is 1. The molecule has 1 amide bonds. The Morgan fingerprint density at radius 3 is 2.64 bits per heavy atom. The number of amides is 1. The van der Waals surface area contributed by atoms with Gasteiger partial charge >= 0.3 is 6.09 Å². The number of nitrogens with two attached hydrogens (primary N) is 1. The Morgan fingerprint density at radius 1 is 1.46 bits per heavy atom. The molecule has 10 nitrogen and oxygen atoms in total. The summed E-state index contributed by atoms with van der Waals surface area (Å²) in [6.07, 6.45) is -1.33. The van der Waals surface area contributed by atoms with E-state index in [9.17, 15) is 14.7 Å². The maximum atomic E-state index is 13.1. The van der Waals surface area contributed by atoms with E-state index >= 15 is 0 Å². The molecule has 3 aliphatic heterocycles. The van der Waals surface area contributed by atoms with Crippen molar-refractivity contribution in [3.63, 3.8) is 0 Å². The maximum absolute atomic E-state index is 13.1. The van der Waals surface area contributed by atoms with E-state index in [1.807, 2.05) is 4.90 Å². The zero-order valence-electron chi connectivity index (χ0n) is 15.5. The summed E-state index contributed by atoms with van der Waals surface area (Å²) in [7, 11) is 1.57. The minimum atomic E-state index is -1.33. The first-order valence-electron chi connectivity index (χ1n) is 8.78. The lowest BCUT2D eigenvalue weighted by molar-refractivity contribution is -0.137. The largest absolute Gasteiger partial charge is 0.465 e. The predicted octanol–water partition coefficient (Wildman–Crippen LogP) is -1.26. The van der Waals surface area contributed by atoms with E-state index in [-0.39, 0.29) is 36.0 Å². The number of alkyl halides is 1. The van der Waals surface area contributed by atoms with Crippen molar-refractivity contribution in [3.05, 3.63) is 22.5 Å². The first-order valence-corrected chi connectivity index (χ1v) is 9.32. The summed E-state index contributed by atoms with van der Waals surface area (Å²) in [5.41, 5.74) is 4.59. The minimum Gasteiger partial charge on any atom is -0.465 e. The average Bonchev–Trinajstić information content (AvgIpc) is 3.25. The molecule has 3 heterocycles. The van der Waals surface area contributed by atoms with Crippen molar-refractivity contribution in [2.75, 3.05) is 32.7 Å². The number of nitrogens with one attached hydrogen (secondary N) is 2. The molecular weight excluding hydrogens is 392 g/mol. The lowest BCUT2D eigenvalue weighted by Gasteiger charge is -2.39. The summed E-state index contributed by atoms with van der Waals surface area (Å²) in [6.45, 7) is 2.39. The van der Waals surface area contributed by atoms with Gasteiger partial charge in [-0.1, -0.05) is 0 Å². The highest BCUT2D eigenvalue weighted by molar-refractivity contribution is 6.25. The maximum Gasteiger partial charge on any atom is 0.402 e. The Hall–Kier alpha value is -2.14. The molecular formula is C17H23ClN4O6. The third kappa shape index (κ3) is 2.79. The molecule has 0 bridgehead atoms. The number of allylic oxidation sites excluding steroid dienone is 2. The molecule has 0 aromatic heterocycles. The van der Waals surface area contributed by atoms with E-state index in [1.165, 1.54) is 0 Å². The van der Waals surface area contributed by atoms with Gasteiger partial charge in [-0.3, -0.25) is 9.59 Å². The number of aliphatic hydroxyl groups excluding tert-OH is 1. The quantitative estimate of drug-likeness (QED) is 0.210. The van der Waals surface area contributed by atoms with E-state index in [0.717, 1.165) is 0 Å². The van der Waals surface area contributed by atoms with Gasteiger partial charge in [-0.25, -0.2) is 4.79 Å². The molecule has 4 rings (SSSR count). The highest BCUT2D eigenvalue weighted by atomic mass is 35.5. The number of piperazine rings is 1. The standard InChI is InChI=1S/C16H20ClN3O4.CH3NO2/c1-7-11(18-4-3-17)14(23)10-8(6-21)16(24-2)15-9(19-15)5-20(16)12(10)13(7)22;2-1(3)4/h8-9,15,18-19,21H,3-6H2,1-2H3;2H2,(H,3,4). The van der Waals surface area contributed by atoms with Gasteiger partial charge in [0, 0.05) is 43.3 Å². The zero-order chi connectivity index (χ0) is 20.8. The van der Waals surface area contributed by atoms with E-state index < -0.39 is 17.7 Å². The number of fused-ring (bicyclic) bond motifs is 4. The molecule has 28 heavy (non-hydrogen) atoms. The normalized spacial score (nSPS) is 32.6. The molecule has 0 saturated carbocycles. The van der Waals surface area contributed by atoms with Gasteiger partial charge in [0.15, 0.2) is 5.72 Å². The van der Waals surface area contributed by atoms with Crippen molar-refractivity contribution >= 4 is 29.3 Å². The lowest BCUT2D eigenvalue weighted by atomic mass is 9.82. The number of methoxy groups -OCH3 is 1. The van der Waals surface area contributed by atoms with Crippen molar-refractivity contribution in [2.45, 2.75) is 24.7 Å². The Balaban J connectivity index is 0.000000516. The van der Waals surface area contributed by atoms with Crippen LogP contribution in [0.5, 0.6) is 0 Å². The number of carbonyl (C=O) groups excluding carboxylic acids is 2. The molecule has 2 fully saturated rings. The summed E-state index contributed by atoms with van der Waals surface area (Å²) in [5.74, 6) is -0.649. The van der Waals surface area contributed by atoms with Crippen LogP contribution in [-0.4, -0.2) is 83.3 Å². The van der Waals surface area contributed by atoms with Gasteiger partial charge in [0.1, 0.15) is 0 Å². The number of nitrogens with zero attached hydrogens (tertiary/aromatic N) is 1. The van der Waals surface area contributed by atoms with Crippen LogP contribution in [0, 0.1) is 5.92 Å². The second-order valence-corrected chi connectivity index (χ2v) is 7.31. The number of hydrogen-bond donors (Lipinski definition) is 5. The van der Waals surface area contributed by atoms with E-state index in [1.54, 1.807) is 14.0 Å². The van der Waals surface area contributed by atoms with Crippen LogP contribution in [-0.2, 0) is 14.3 Å². The Morgan fingerprint density at radius 2 is 2.11 bits per heavy atom. The monoisotopic (exact) mass is 414 g/mol. The molecule has 154 valence electrons. The summed E-state index contributed by atoms with van der Waals surface area (Å²) < 4.78 is 5.82. The fourth-order valence-electron chi connectivity index (χ4n) is 4.53. The fraction of sp³-hybridized carbons (Fsp3) is 0.588. The van der Waals surface area contributed by atoms with E-state index in [4.69, 9.17) is 26.2 Å². The Kier molecular flexibility index (Phi) is 5.41. The molecule has 11 heteroatoms. The molecule has 2 saturated heterocycles. The predicted molar refractivity (Wildman–Crippen MR) is 98.4 cm³/mol. The second-order valence-electron chi connectivity index (χ2n) is 6.93. The van der Waals surface area contributed by atoms with Crippen LogP contribution >= 0.6 is 11.6 Å². The summed E-state index contributed by atoms with van der Waals surface area (Å²) in [5, 5.41) is 23.5. The summed E-state index contributed by atoms with van der Waals surface area (Å²) in [4.78, 5) is 36.7. The molecule has 0 aromatic rings. The first kappa shape index (κ1) is 20.6. The van der Waals surface area contributed by atoms with Crippen molar-refractivity contribution in [3.8, 4) is 0 Å². The number of carbonyl (C=O) groups is 3. The number of ketones is 2. The van der Waals surface area contributed by atoms with Crippen LogP contribution in [0.3, 0.4) is 0 Å². The highest BCUT2D eigenvalue weighted by Gasteiger charge is 2.72. The Labute approximate surface area is 166 Å². The number of rotatable bonds is 5. The van der Waals surface area contributed by atoms with Crippen molar-refractivity contribution in [1.29, 1.82) is 0 Å². The van der Waals surface area contributed by atoms with Gasteiger partial charge in [0.05, 0.1) is 30.0 Å². The molecule has 6 N–H and O–H groups in total. The SMILES string of the molecule is COC12C(CO)C3=C(C(=O)C(C)=C(NCCCl)C3=O)N1CC1NC12.NC(=O)O. The summed E-state index contributed by atoms with van der Waals surface area (Å²) in [6, 6.07) is 0.251. The number of halogens is 1. The molecule has 4 unspecified atom stereocenters. The van der Waals surface area contributed by atoms with Crippen LogP contribution in [0.25, 0.3) is 0 Å². The van der Waals surface area contributed by atoms with Crippen LogP contribution in [0.15, 0.2) is 22.5 Å². The number of ether oxygens (including phenoxy) is 1. The molecule has 0 radical (unpaired) electrons. The van der Waals surface area contributed by atoms with Crippen molar-refractivity contribution in [2.24, 2.45) is 11.7 Å². The topological polar surface area (TPSA) is 164 Å². The molecule has 1 aliphatic carbocycles. The van der Waals surface area contributed by atoms with Crippen molar-refractivity contribution in [1.82, 2.24) is 15.5 Å². The van der Waals surface area contributed by atoms with Crippen LogP contribution < -0.4 is 16.4 Å². The molecule has 4 atom stereocenters. The van der Waals surface area contributed by atoms with Gasteiger partial charge in [-0.2, -0.15) is 0 Å². The number of primary amides is 1. The first-order chi connectivity index (χ1) is 13.3. The fourth-order valence-corrected chi connectivity index (χ4v) is 4.62. The van der Waals surface area contributed by atoms with Gasteiger partial charge < -0.3 is 36.2 Å². The lowest BCUT2D eigenvalue weighted by Crippen LogP contribution is -2.54. The van der Waals surface area contributed by atoms with Gasteiger partial charge in [0.2, 0.25) is 11.6 Å². The smallest absolute Gasteiger partial charge is 0.402 e. The zero-order valence-corrected chi connectivity index (χ0v) is 16.2. The van der Waals surface area contributed by atoms with Gasteiger partial charge in [-0.05, 0) is 6.92 Å². The average molecular weight is 415 g/mol. The van der Waals surface area contributed by atoms with Gasteiger partial charge in [0.25, 0.3) is 0 Å². The van der Waals surface area contributed by atoms with Crippen molar-refractivity contribution < 1.29 is 29.3 Å². The van der Waals surface area contributed by atoms with Crippen LogP contribution in [0.2, 0.25) is 0 Å². The van der Waals surface area contributed by atoms with E-state index in [2.05, 4.69) is 16.4 Å². The number of aliphatic hydroxyl groups is 1. The number of Topliss-reactive ketones (excluding diaryl/α,β-unsaturated/α-hetero) is 2. The third-order valence-corrected chi connectivity index (χ3v) is 5.80.